The third kappa shape index (κ3) is 2.95. The zero-order valence-corrected chi connectivity index (χ0v) is 9.46. The second-order valence-electron chi connectivity index (χ2n) is 3.31. The summed E-state index contributed by atoms with van der Waals surface area (Å²) < 4.78 is 4.89. The number of aromatic nitrogens is 2. The van der Waals surface area contributed by atoms with Crippen LogP contribution in [0.3, 0.4) is 0 Å². The molecule has 6 heteroatoms. The summed E-state index contributed by atoms with van der Waals surface area (Å²) in [4.78, 5) is 8.36. The SMILES string of the molecule is CCC1CN=C(NCCc2ncno2)S1. The molecule has 1 aromatic rings. The maximum Gasteiger partial charge on any atom is 0.228 e. The van der Waals surface area contributed by atoms with E-state index in [0.717, 1.165) is 24.7 Å². The predicted molar refractivity (Wildman–Crippen MR) is 60.0 cm³/mol. The molecule has 2 heterocycles. The van der Waals surface area contributed by atoms with Crippen LogP contribution in [0.25, 0.3) is 0 Å². The number of thioether (sulfide) groups is 1. The van der Waals surface area contributed by atoms with Crippen LogP contribution in [0.15, 0.2) is 15.8 Å². The smallest absolute Gasteiger partial charge is 0.228 e. The Morgan fingerprint density at radius 3 is 3.27 bits per heavy atom. The molecule has 0 radical (unpaired) electrons. The van der Waals surface area contributed by atoms with Gasteiger partial charge < -0.3 is 9.84 Å². The van der Waals surface area contributed by atoms with E-state index in [2.05, 4.69) is 27.4 Å². The highest BCUT2D eigenvalue weighted by Crippen LogP contribution is 2.21. The summed E-state index contributed by atoms with van der Waals surface area (Å²) in [5, 5.41) is 8.51. The fraction of sp³-hybridized carbons (Fsp3) is 0.667. The molecule has 0 spiro atoms. The topological polar surface area (TPSA) is 63.3 Å². The van der Waals surface area contributed by atoms with E-state index >= 15 is 0 Å². The molecule has 0 amide bonds. The van der Waals surface area contributed by atoms with Gasteiger partial charge in [-0.25, -0.2) is 0 Å². The fourth-order valence-electron chi connectivity index (χ4n) is 1.31. The Bertz CT molecular complexity index is 325. The normalized spacial score (nSPS) is 20.3. The van der Waals surface area contributed by atoms with Crippen LogP contribution < -0.4 is 5.32 Å². The Balaban J connectivity index is 1.67. The third-order valence-electron chi connectivity index (χ3n) is 2.19. The predicted octanol–water partition coefficient (Wildman–Crippen LogP) is 1.08. The monoisotopic (exact) mass is 226 g/mol. The first-order valence-corrected chi connectivity index (χ1v) is 5.97. The van der Waals surface area contributed by atoms with Crippen LogP contribution in [0.2, 0.25) is 0 Å². The van der Waals surface area contributed by atoms with E-state index in [1.807, 2.05) is 11.8 Å². The van der Waals surface area contributed by atoms with Gasteiger partial charge in [0, 0.05) is 18.2 Å². The van der Waals surface area contributed by atoms with E-state index in [9.17, 15) is 0 Å². The molecule has 0 saturated carbocycles. The quantitative estimate of drug-likeness (QED) is 0.832. The highest BCUT2D eigenvalue weighted by Gasteiger charge is 2.17. The molecule has 1 aliphatic rings. The molecule has 82 valence electrons. The molecule has 1 atom stereocenters. The first-order valence-electron chi connectivity index (χ1n) is 5.09. The fourth-order valence-corrected chi connectivity index (χ4v) is 2.28. The molecule has 15 heavy (non-hydrogen) atoms. The molecule has 2 rings (SSSR count). The minimum absolute atomic E-state index is 0.649. The molecule has 1 aliphatic heterocycles. The molecule has 0 aliphatic carbocycles. The van der Waals surface area contributed by atoms with Crippen LogP contribution in [0.1, 0.15) is 19.2 Å². The van der Waals surface area contributed by atoms with Crippen LogP contribution in [-0.4, -0.2) is 33.6 Å². The van der Waals surface area contributed by atoms with Gasteiger partial charge in [-0.05, 0) is 6.42 Å². The molecule has 0 fully saturated rings. The van der Waals surface area contributed by atoms with Gasteiger partial charge in [0.25, 0.3) is 0 Å². The molecular formula is C9H14N4OS. The van der Waals surface area contributed by atoms with Gasteiger partial charge in [-0.3, -0.25) is 4.99 Å². The molecule has 0 bridgehead atoms. The standard InChI is InChI=1S/C9H14N4OS/c1-2-7-5-11-9(15-7)10-4-3-8-12-6-13-14-8/h6-7H,2-5H2,1H3,(H,10,11). The van der Waals surface area contributed by atoms with E-state index < -0.39 is 0 Å². The second kappa shape index (κ2) is 5.16. The first-order chi connectivity index (χ1) is 7.38. The number of amidine groups is 1. The number of nitrogens with zero attached hydrogens (tertiary/aromatic N) is 3. The van der Waals surface area contributed by atoms with Gasteiger partial charge in [-0.1, -0.05) is 23.8 Å². The molecule has 1 aromatic heterocycles. The summed E-state index contributed by atoms with van der Waals surface area (Å²) in [7, 11) is 0. The zero-order chi connectivity index (χ0) is 10.5. The summed E-state index contributed by atoms with van der Waals surface area (Å²) >= 11 is 1.82. The van der Waals surface area contributed by atoms with Crippen LogP contribution in [-0.2, 0) is 6.42 Å². The maximum atomic E-state index is 4.89. The Labute approximate surface area is 92.7 Å². The van der Waals surface area contributed by atoms with Gasteiger partial charge in [0.1, 0.15) is 0 Å². The highest BCUT2D eigenvalue weighted by atomic mass is 32.2. The minimum atomic E-state index is 0.649. The van der Waals surface area contributed by atoms with Crippen LogP contribution in [0, 0.1) is 0 Å². The lowest BCUT2D eigenvalue weighted by Crippen LogP contribution is -2.22. The van der Waals surface area contributed by atoms with Crippen molar-refractivity contribution in [1.29, 1.82) is 0 Å². The molecule has 1 unspecified atom stereocenters. The van der Waals surface area contributed by atoms with Crippen molar-refractivity contribution < 1.29 is 4.52 Å². The van der Waals surface area contributed by atoms with Crippen molar-refractivity contribution in [2.75, 3.05) is 13.1 Å². The van der Waals surface area contributed by atoms with Gasteiger partial charge in [0.15, 0.2) is 11.5 Å². The summed E-state index contributed by atoms with van der Waals surface area (Å²) in [5.41, 5.74) is 0. The average molecular weight is 226 g/mol. The van der Waals surface area contributed by atoms with Crippen molar-refractivity contribution >= 4 is 16.9 Å². The van der Waals surface area contributed by atoms with Gasteiger partial charge in [-0.2, -0.15) is 4.98 Å². The van der Waals surface area contributed by atoms with Crippen molar-refractivity contribution in [3.05, 3.63) is 12.2 Å². The number of aliphatic imine (C=N–C) groups is 1. The Hall–Kier alpha value is -1.04. The van der Waals surface area contributed by atoms with Crippen LogP contribution >= 0.6 is 11.8 Å². The van der Waals surface area contributed by atoms with Gasteiger partial charge in [-0.15, -0.1) is 0 Å². The third-order valence-corrected chi connectivity index (χ3v) is 3.51. The Kier molecular flexibility index (Phi) is 3.60. The van der Waals surface area contributed by atoms with Crippen LogP contribution in [0.4, 0.5) is 0 Å². The summed E-state index contributed by atoms with van der Waals surface area (Å²) in [5.74, 6) is 0.665. The van der Waals surface area contributed by atoms with Crippen molar-refractivity contribution in [2.24, 2.45) is 4.99 Å². The molecule has 5 nitrogen and oxygen atoms in total. The van der Waals surface area contributed by atoms with Gasteiger partial charge in [0.05, 0.1) is 6.54 Å². The number of hydrogen-bond donors (Lipinski definition) is 1. The second-order valence-corrected chi connectivity index (χ2v) is 4.59. The van der Waals surface area contributed by atoms with Crippen LogP contribution in [0.5, 0.6) is 0 Å². The minimum Gasteiger partial charge on any atom is -0.364 e. The van der Waals surface area contributed by atoms with Crippen molar-refractivity contribution in [3.8, 4) is 0 Å². The number of rotatable bonds is 4. The summed E-state index contributed by atoms with van der Waals surface area (Å²) in [6, 6.07) is 0. The highest BCUT2D eigenvalue weighted by molar-refractivity contribution is 8.14. The van der Waals surface area contributed by atoms with E-state index in [1.165, 1.54) is 12.7 Å². The van der Waals surface area contributed by atoms with E-state index in [1.54, 1.807) is 0 Å². The van der Waals surface area contributed by atoms with E-state index in [0.29, 0.717) is 11.1 Å². The molecule has 1 N–H and O–H groups in total. The molecule has 0 saturated heterocycles. The Morgan fingerprint density at radius 2 is 2.60 bits per heavy atom. The van der Waals surface area contributed by atoms with Gasteiger partial charge >= 0.3 is 0 Å². The van der Waals surface area contributed by atoms with Crippen molar-refractivity contribution in [2.45, 2.75) is 25.0 Å². The zero-order valence-electron chi connectivity index (χ0n) is 8.64. The summed E-state index contributed by atoms with van der Waals surface area (Å²) in [6.45, 7) is 3.92. The maximum absolute atomic E-state index is 4.89. The average Bonchev–Trinajstić information content (AvgIpc) is 2.88. The van der Waals surface area contributed by atoms with Crippen molar-refractivity contribution in [1.82, 2.24) is 15.5 Å². The lowest BCUT2D eigenvalue weighted by molar-refractivity contribution is 0.377. The number of nitrogens with one attached hydrogen (secondary N) is 1. The Morgan fingerprint density at radius 1 is 1.67 bits per heavy atom. The lowest BCUT2D eigenvalue weighted by Gasteiger charge is -2.05. The largest absolute Gasteiger partial charge is 0.364 e. The van der Waals surface area contributed by atoms with Gasteiger partial charge in [0.2, 0.25) is 5.89 Å². The summed E-state index contributed by atoms with van der Waals surface area (Å²) in [6.07, 6.45) is 3.34. The van der Waals surface area contributed by atoms with E-state index in [-0.39, 0.29) is 0 Å². The molecule has 0 aromatic carbocycles. The lowest BCUT2D eigenvalue weighted by atomic mass is 10.3. The van der Waals surface area contributed by atoms with E-state index in [4.69, 9.17) is 4.52 Å². The molecular weight excluding hydrogens is 212 g/mol. The van der Waals surface area contributed by atoms with Crippen molar-refractivity contribution in [3.63, 3.8) is 0 Å². The first kappa shape index (κ1) is 10.5. The number of hydrogen-bond acceptors (Lipinski definition) is 6.